The summed E-state index contributed by atoms with van der Waals surface area (Å²) in [4.78, 5) is 0. The predicted molar refractivity (Wildman–Crippen MR) is 99.9 cm³/mol. The molecule has 176 valence electrons. The Morgan fingerprint density at radius 3 is 2.45 bits per heavy atom. The minimum Gasteiger partial charge on any atom is -0.504 e. The zero-order valence-corrected chi connectivity index (χ0v) is 16.8. The van der Waals surface area contributed by atoms with Gasteiger partial charge in [0.25, 0.3) is 0 Å². The second kappa shape index (κ2) is 9.92. The molecule has 0 aliphatic carbocycles. The molecule has 2 aliphatic heterocycles. The standard InChI is InChI=1S/C19H28O12/c1-27-11-4-9(2-3-10(11)21)5-28-17-15(24)14(23)13(22)12(31-17)6-29-18-16(25)19(26,7-20)8-30-18/h2-4,12-18,20-26H,5-8H2,1H3. The van der Waals surface area contributed by atoms with Gasteiger partial charge in [-0.1, -0.05) is 6.07 Å². The van der Waals surface area contributed by atoms with E-state index in [0.29, 0.717) is 5.56 Å². The van der Waals surface area contributed by atoms with Crippen LogP contribution in [0.25, 0.3) is 0 Å². The molecule has 0 bridgehead atoms. The van der Waals surface area contributed by atoms with Gasteiger partial charge in [-0.15, -0.1) is 0 Å². The molecule has 2 fully saturated rings. The van der Waals surface area contributed by atoms with Crippen molar-refractivity contribution >= 4 is 0 Å². The van der Waals surface area contributed by atoms with Gasteiger partial charge in [-0.05, 0) is 17.7 Å². The van der Waals surface area contributed by atoms with Gasteiger partial charge in [-0.3, -0.25) is 0 Å². The topological polar surface area (TPSA) is 188 Å². The first-order valence-electron chi connectivity index (χ1n) is 9.62. The van der Waals surface area contributed by atoms with Gasteiger partial charge < -0.3 is 59.4 Å². The van der Waals surface area contributed by atoms with E-state index in [1.165, 1.54) is 19.2 Å². The van der Waals surface area contributed by atoms with Gasteiger partial charge in [0.05, 0.1) is 33.5 Å². The number of aliphatic hydroxyl groups is 6. The number of phenols is 1. The minimum atomic E-state index is -1.87. The van der Waals surface area contributed by atoms with Gasteiger partial charge in [-0.25, -0.2) is 0 Å². The third-order valence-corrected chi connectivity index (χ3v) is 5.33. The van der Waals surface area contributed by atoms with E-state index in [-0.39, 0.29) is 31.3 Å². The molecule has 31 heavy (non-hydrogen) atoms. The summed E-state index contributed by atoms with van der Waals surface area (Å²) in [7, 11) is 1.39. The SMILES string of the molecule is COc1cc(COC2OC(COC3OCC(O)(CO)C3O)C(O)C(O)C2O)ccc1O. The van der Waals surface area contributed by atoms with Gasteiger partial charge in [0.15, 0.2) is 24.1 Å². The van der Waals surface area contributed by atoms with E-state index < -0.39 is 55.3 Å². The van der Waals surface area contributed by atoms with Crippen LogP contribution in [0.3, 0.4) is 0 Å². The molecule has 0 saturated carbocycles. The van der Waals surface area contributed by atoms with Crippen molar-refractivity contribution in [1.82, 2.24) is 0 Å². The van der Waals surface area contributed by atoms with Crippen LogP contribution in [-0.2, 0) is 25.6 Å². The lowest BCUT2D eigenvalue weighted by Gasteiger charge is -2.40. The molecule has 8 unspecified atom stereocenters. The highest BCUT2D eigenvalue weighted by Gasteiger charge is 2.50. The molecule has 2 aliphatic rings. The van der Waals surface area contributed by atoms with Gasteiger partial charge in [0, 0.05) is 0 Å². The van der Waals surface area contributed by atoms with E-state index in [1.54, 1.807) is 6.07 Å². The summed E-state index contributed by atoms with van der Waals surface area (Å²) >= 11 is 0. The molecule has 3 rings (SSSR count). The van der Waals surface area contributed by atoms with E-state index in [2.05, 4.69) is 0 Å². The maximum atomic E-state index is 10.2. The second-order valence-electron chi connectivity index (χ2n) is 7.55. The van der Waals surface area contributed by atoms with Crippen molar-refractivity contribution in [3.8, 4) is 11.5 Å². The Balaban J connectivity index is 1.59. The van der Waals surface area contributed by atoms with Crippen molar-refractivity contribution < 1.29 is 59.4 Å². The van der Waals surface area contributed by atoms with Crippen LogP contribution in [-0.4, -0.2) is 111 Å². The number of methoxy groups -OCH3 is 1. The molecule has 0 aromatic heterocycles. The fourth-order valence-electron chi connectivity index (χ4n) is 3.31. The maximum Gasteiger partial charge on any atom is 0.187 e. The van der Waals surface area contributed by atoms with Crippen LogP contribution in [0.4, 0.5) is 0 Å². The molecule has 1 aromatic carbocycles. The van der Waals surface area contributed by atoms with Crippen molar-refractivity contribution in [3.63, 3.8) is 0 Å². The average Bonchev–Trinajstić information content (AvgIpc) is 3.06. The van der Waals surface area contributed by atoms with Gasteiger partial charge in [0.2, 0.25) is 0 Å². The number of rotatable bonds is 8. The summed E-state index contributed by atoms with van der Waals surface area (Å²) in [6, 6.07) is 4.50. The molecule has 0 amide bonds. The highest BCUT2D eigenvalue weighted by Crippen LogP contribution is 2.29. The Morgan fingerprint density at radius 2 is 1.81 bits per heavy atom. The van der Waals surface area contributed by atoms with Crippen LogP contribution >= 0.6 is 0 Å². The predicted octanol–water partition coefficient (Wildman–Crippen LogP) is -2.82. The summed E-state index contributed by atoms with van der Waals surface area (Å²) in [5, 5.41) is 69.3. The summed E-state index contributed by atoms with van der Waals surface area (Å²) in [5.74, 6) is 0.172. The van der Waals surface area contributed by atoms with Crippen LogP contribution < -0.4 is 4.74 Å². The quantitative estimate of drug-likeness (QED) is 0.216. The highest BCUT2D eigenvalue weighted by atomic mass is 16.7. The number of hydrogen-bond donors (Lipinski definition) is 7. The number of aliphatic hydroxyl groups excluding tert-OH is 5. The van der Waals surface area contributed by atoms with E-state index in [9.17, 15) is 30.6 Å². The minimum absolute atomic E-state index is 0.0552. The summed E-state index contributed by atoms with van der Waals surface area (Å²) in [6.45, 7) is -1.53. The van der Waals surface area contributed by atoms with Crippen LogP contribution in [0.2, 0.25) is 0 Å². The van der Waals surface area contributed by atoms with Gasteiger partial charge in [-0.2, -0.15) is 0 Å². The fourth-order valence-corrected chi connectivity index (χ4v) is 3.31. The number of hydrogen-bond acceptors (Lipinski definition) is 12. The Hall–Kier alpha value is -1.58. The lowest BCUT2D eigenvalue weighted by Crippen LogP contribution is -2.59. The second-order valence-corrected chi connectivity index (χ2v) is 7.55. The first kappa shape index (κ1) is 24.1. The zero-order chi connectivity index (χ0) is 22.8. The van der Waals surface area contributed by atoms with Crippen molar-refractivity contribution in [3.05, 3.63) is 23.8 Å². The number of aromatic hydroxyl groups is 1. The molecular weight excluding hydrogens is 420 g/mol. The highest BCUT2D eigenvalue weighted by molar-refractivity contribution is 5.41. The van der Waals surface area contributed by atoms with Gasteiger partial charge in [0.1, 0.15) is 36.1 Å². The van der Waals surface area contributed by atoms with Crippen molar-refractivity contribution in [1.29, 1.82) is 0 Å². The van der Waals surface area contributed by atoms with Crippen molar-refractivity contribution in [2.75, 3.05) is 26.9 Å². The largest absolute Gasteiger partial charge is 0.504 e. The van der Waals surface area contributed by atoms with Crippen LogP contribution in [0.15, 0.2) is 18.2 Å². The number of benzene rings is 1. The first-order valence-corrected chi connectivity index (χ1v) is 9.62. The molecule has 7 N–H and O–H groups in total. The van der Waals surface area contributed by atoms with Crippen LogP contribution in [0.5, 0.6) is 11.5 Å². The summed E-state index contributed by atoms with van der Waals surface area (Å²) < 4.78 is 26.5. The molecule has 1 aromatic rings. The number of phenolic OH excluding ortho intramolecular Hbond substituents is 1. The third kappa shape index (κ3) is 5.09. The Kier molecular flexibility index (Phi) is 7.70. The van der Waals surface area contributed by atoms with E-state index in [1.807, 2.05) is 0 Å². The van der Waals surface area contributed by atoms with E-state index >= 15 is 0 Å². The van der Waals surface area contributed by atoms with E-state index in [4.69, 9.17) is 28.8 Å². The lowest BCUT2D eigenvalue weighted by atomic mass is 9.99. The lowest BCUT2D eigenvalue weighted by molar-refractivity contribution is -0.312. The molecule has 2 saturated heterocycles. The summed E-state index contributed by atoms with van der Waals surface area (Å²) in [6.07, 6.45) is -10.00. The Labute approximate surface area is 177 Å². The molecule has 8 atom stereocenters. The molecule has 2 heterocycles. The normalized spacial score (nSPS) is 38.4. The Morgan fingerprint density at radius 1 is 1.06 bits per heavy atom. The van der Waals surface area contributed by atoms with Gasteiger partial charge >= 0.3 is 0 Å². The van der Waals surface area contributed by atoms with Crippen molar-refractivity contribution in [2.45, 2.75) is 55.3 Å². The smallest absolute Gasteiger partial charge is 0.187 e. The molecule has 0 radical (unpaired) electrons. The monoisotopic (exact) mass is 448 g/mol. The van der Waals surface area contributed by atoms with Crippen LogP contribution in [0.1, 0.15) is 5.56 Å². The molecular formula is C19H28O12. The van der Waals surface area contributed by atoms with Crippen molar-refractivity contribution in [2.24, 2.45) is 0 Å². The first-order chi connectivity index (χ1) is 14.7. The van der Waals surface area contributed by atoms with Crippen LogP contribution in [0, 0.1) is 0 Å². The Bertz CT molecular complexity index is 732. The molecule has 0 spiro atoms. The zero-order valence-electron chi connectivity index (χ0n) is 16.8. The average molecular weight is 448 g/mol. The molecule has 12 nitrogen and oxygen atoms in total. The fraction of sp³-hybridized carbons (Fsp3) is 0.684. The van der Waals surface area contributed by atoms with E-state index in [0.717, 1.165) is 0 Å². The maximum absolute atomic E-state index is 10.2. The summed E-state index contributed by atoms with van der Waals surface area (Å²) in [5.41, 5.74) is -1.28. The number of ether oxygens (including phenoxy) is 5. The third-order valence-electron chi connectivity index (χ3n) is 5.33. The molecule has 12 heteroatoms.